The zero-order valence-electron chi connectivity index (χ0n) is 9.45. The van der Waals surface area contributed by atoms with Gasteiger partial charge in [-0.3, -0.25) is 4.57 Å². The lowest BCUT2D eigenvalue weighted by Crippen LogP contribution is -2.11. The van der Waals surface area contributed by atoms with Crippen molar-refractivity contribution in [2.75, 3.05) is 5.73 Å². The summed E-state index contributed by atoms with van der Waals surface area (Å²) in [5, 5.41) is 9.75. The summed E-state index contributed by atoms with van der Waals surface area (Å²) in [5.74, 6) is 0.551. The largest absolute Gasteiger partial charge is 0.468 e. The summed E-state index contributed by atoms with van der Waals surface area (Å²) >= 11 is 0. The van der Waals surface area contributed by atoms with Gasteiger partial charge in [0, 0.05) is 5.57 Å². The van der Waals surface area contributed by atoms with E-state index in [1.54, 1.807) is 4.57 Å². The average molecular weight is 245 g/mol. The third-order valence-electron chi connectivity index (χ3n) is 2.88. The molecule has 3 N–H and O–H groups in total. The molecule has 2 atom stereocenters. The average Bonchev–Trinajstić information content (AvgIpc) is 2.88. The molecule has 2 aromatic heterocycles. The summed E-state index contributed by atoms with van der Waals surface area (Å²) in [6.45, 7) is 7.41. The molecular weight excluding hydrogens is 234 g/mol. The first-order chi connectivity index (χ1) is 8.59. The molecule has 1 aliphatic rings. The number of ether oxygens (including phenoxy) is 1. The Bertz CT molecular complexity index is 662. The number of anilines is 1. The van der Waals surface area contributed by atoms with Crippen molar-refractivity contribution in [3.63, 3.8) is 0 Å². The first-order valence-corrected chi connectivity index (χ1v) is 5.25. The van der Waals surface area contributed by atoms with Crippen molar-refractivity contribution in [2.45, 2.75) is 12.3 Å². The maximum absolute atomic E-state index is 9.75. The van der Waals surface area contributed by atoms with Crippen molar-refractivity contribution in [2.24, 2.45) is 0 Å². The third-order valence-corrected chi connectivity index (χ3v) is 2.88. The summed E-state index contributed by atoms with van der Waals surface area (Å²) in [6.07, 6.45) is 1.41. The first kappa shape index (κ1) is 10.7. The van der Waals surface area contributed by atoms with E-state index in [1.165, 1.54) is 12.7 Å². The Labute approximate surface area is 102 Å². The molecule has 0 amide bonds. The Morgan fingerprint density at radius 2 is 2.11 bits per heavy atom. The van der Waals surface area contributed by atoms with E-state index in [1.807, 2.05) is 0 Å². The number of aliphatic hydroxyl groups is 1. The number of rotatable bonds is 1. The number of aromatic nitrogens is 4. The van der Waals surface area contributed by atoms with Gasteiger partial charge in [0.1, 0.15) is 30.0 Å². The zero-order valence-corrected chi connectivity index (χ0v) is 9.45. The van der Waals surface area contributed by atoms with Crippen LogP contribution in [-0.2, 0) is 4.74 Å². The quantitative estimate of drug-likeness (QED) is 0.704. The second-order valence-corrected chi connectivity index (χ2v) is 4.00. The summed E-state index contributed by atoms with van der Waals surface area (Å²) in [7, 11) is 0. The van der Waals surface area contributed by atoms with Gasteiger partial charge >= 0.3 is 0 Å². The van der Waals surface area contributed by atoms with Crippen LogP contribution in [-0.4, -0.2) is 30.7 Å². The van der Waals surface area contributed by atoms with Crippen LogP contribution in [0.1, 0.15) is 6.23 Å². The van der Waals surface area contributed by atoms with Gasteiger partial charge in [-0.25, -0.2) is 15.0 Å². The second kappa shape index (κ2) is 3.54. The fourth-order valence-electron chi connectivity index (χ4n) is 1.90. The Morgan fingerprint density at radius 1 is 1.33 bits per heavy atom. The molecule has 3 rings (SSSR count). The lowest BCUT2D eigenvalue weighted by atomic mass is 10.1. The number of nitrogens with zero attached hydrogens (tertiary/aromatic N) is 4. The molecule has 3 heterocycles. The molecule has 0 spiro atoms. The lowest BCUT2D eigenvalue weighted by Gasteiger charge is -2.13. The van der Waals surface area contributed by atoms with E-state index >= 15 is 0 Å². The molecule has 1 saturated heterocycles. The number of nitrogens with two attached hydrogens (primary N) is 1. The van der Waals surface area contributed by atoms with Gasteiger partial charge in [-0.2, -0.15) is 0 Å². The smallest absolute Gasteiger partial charge is 0.203 e. The van der Waals surface area contributed by atoms with Gasteiger partial charge in [-0.15, -0.1) is 0 Å². The van der Waals surface area contributed by atoms with Crippen LogP contribution >= 0.6 is 0 Å². The van der Waals surface area contributed by atoms with Crippen molar-refractivity contribution in [1.29, 1.82) is 0 Å². The van der Waals surface area contributed by atoms with Gasteiger partial charge in [0.15, 0.2) is 11.5 Å². The summed E-state index contributed by atoms with van der Waals surface area (Å²) < 4.78 is 7.09. The minimum absolute atomic E-state index is 0.258. The zero-order chi connectivity index (χ0) is 12.9. The SMILES string of the molecule is C=C1O[C@@H](n2cnc3c(N)ncnc32)C(=C)[C@@H]1O. The van der Waals surface area contributed by atoms with E-state index in [4.69, 9.17) is 10.5 Å². The highest BCUT2D eigenvalue weighted by atomic mass is 16.5. The minimum atomic E-state index is -0.883. The Hall–Kier alpha value is -2.41. The number of fused-ring (bicyclic) bond motifs is 1. The predicted molar refractivity (Wildman–Crippen MR) is 64.1 cm³/mol. The minimum Gasteiger partial charge on any atom is -0.468 e. The Kier molecular flexibility index (Phi) is 2.11. The molecule has 2 aromatic rings. The normalized spacial score (nSPS) is 23.6. The van der Waals surface area contributed by atoms with E-state index in [9.17, 15) is 5.11 Å². The number of imidazole rings is 1. The van der Waals surface area contributed by atoms with E-state index in [0.717, 1.165) is 0 Å². The fraction of sp³-hybridized carbons (Fsp3) is 0.182. The highest BCUT2D eigenvalue weighted by Crippen LogP contribution is 2.36. The molecular formula is C11H11N5O2. The van der Waals surface area contributed by atoms with Gasteiger partial charge in [0.25, 0.3) is 0 Å². The van der Waals surface area contributed by atoms with E-state index in [2.05, 4.69) is 28.1 Å². The molecule has 0 aliphatic carbocycles. The Balaban J connectivity index is 2.14. The monoisotopic (exact) mass is 245 g/mol. The molecule has 92 valence electrons. The Morgan fingerprint density at radius 3 is 2.78 bits per heavy atom. The van der Waals surface area contributed by atoms with Gasteiger partial charge in [-0.05, 0) is 0 Å². The summed E-state index contributed by atoms with van der Waals surface area (Å²) in [4.78, 5) is 12.1. The van der Waals surface area contributed by atoms with E-state index in [0.29, 0.717) is 22.6 Å². The molecule has 18 heavy (non-hydrogen) atoms. The molecule has 7 heteroatoms. The van der Waals surface area contributed by atoms with Crippen molar-refractivity contribution in [3.05, 3.63) is 37.1 Å². The second-order valence-electron chi connectivity index (χ2n) is 4.00. The van der Waals surface area contributed by atoms with Crippen LogP contribution in [0.25, 0.3) is 11.2 Å². The van der Waals surface area contributed by atoms with Gasteiger partial charge < -0.3 is 15.6 Å². The van der Waals surface area contributed by atoms with E-state index < -0.39 is 12.3 Å². The van der Waals surface area contributed by atoms with Crippen LogP contribution in [0.3, 0.4) is 0 Å². The molecule has 1 aliphatic heterocycles. The van der Waals surface area contributed by atoms with Crippen molar-refractivity contribution < 1.29 is 9.84 Å². The summed E-state index contributed by atoms with van der Waals surface area (Å²) in [5.41, 5.74) is 7.19. The highest BCUT2D eigenvalue weighted by molar-refractivity contribution is 5.81. The van der Waals surface area contributed by atoms with Crippen molar-refractivity contribution in [3.8, 4) is 0 Å². The van der Waals surface area contributed by atoms with Crippen LogP contribution in [0.5, 0.6) is 0 Å². The van der Waals surface area contributed by atoms with E-state index in [-0.39, 0.29) is 5.76 Å². The number of aliphatic hydroxyl groups excluding tert-OH is 1. The predicted octanol–water partition coefficient (Wildman–Crippen LogP) is 0.368. The number of hydrogen-bond donors (Lipinski definition) is 2. The van der Waals surface area contributed by atoms with Crippen LogP contribution in [0.2, 0.25) is 0 Å². The number of nitrogen functional groups attached to an aromatic ring is 1. The van der Waals surface area contributed by atoms with Crippen LogP contribution < -0.4 is 5.73 Å². The standard InChI is InChI=1S/C11H11N5O2/c1-5-8(17)6(2)18-11(5)16-4-15-7-9(12)13-3-14-10(7)16/h3-4,8,11,17H,1-2H2,(H2,12,13,14)/t8-,11+/m0/s1. The third kappa shape index (κ3) is 1.31. The highest BCUT2D eigenvalue weighted by Gasteiger charge is 2.34. The van der Waals surface area contributed by atoms with Crippen LogP contribution in [0.15, 0.2) is 37.1 Å². The molecule has 1 fully saturated rings. The van der Waals surface area contributed by atoms with Gasteiger partial charge in [0.05, 0.1) is 0 Å². The fourth-order valence-corrected chi connectivity index (χ4v) is 1.90. The maximum atomic E-state index is 9.75. The summed E-state index contributed by atoms with van der Waals surface area (Å²) in [6, 6.07) is 0. The van der Waals surface area contributed by atoms with Crippen molar-refractivity contribution >= 4 is 17.0 Å². The topological polar surface area (TPSA) is 99.1 Å². The molecule has 0 aromatic carbocycles. The molecule has 0 saturated carbocycles. The molecule has 0 bridgehead atoms. The van der Waals surface area contributed by atoms with Crippen LogP contribution in [0, 0.1) is 0 Å². The molecule has 0 radical (unpaired) electrons. The first-order valence-electron chi connectivity index (χ1n) is 5.25. The van der Waals surface area contributed by atoms with Gasteiger partial charge in [0.2, 0.25) is 6.23 Å². The van der Waals surface area contributed by atoms with Crippen LogP contribution in [0.4, 0.5) is 5.82 Å². The van der Waals surface area contributed by atoms with Crippen molar-refractivity contribution in [1.82, 2.24) is 19.5 Å². The number of hydrogen-bond acceptors (Lipinski definition) is 6. The molecule has 0 unspecified atom stereocenters. The molecule has 7 nitrogen and oxygen atoms in total. The maximum Gasteiger partial charge on any atom is 0.203 e. The van der Waals surface area contributed by atoms with Gasteiger partial charge in [-0.1, -0.05) is 13.2 Å². The lowest BCUT2D eigenvalue weighted by molar-refractivity contribution is 0.116.